The van der Waals surface area contributed by atoms with Gasteiger partial charge >= 0.3 is 6.18 Å². The van der Waals surface area contributed by atoms with Crippen LogP contribution in [0.5, 0.6) is 0 Å². The van der Waals surface area contributed by atoms with Crippen LogP contribution in [-0.2, 0) is 11.0 Å². The number of carbonyl (C=O) groups excluding carboxylic acids is 2. The predicted octanol–water partition coefficient (Wildman–Crippen LogP) is 3.23. The standard InChI is InChI=1S/C22H24F3N3O3/c1-14(2)26-20(30)15-5-4-10-27(12-15)21(31)16-8-9-19(29)28(13-16)18-7-3-6-17(11-18)22(23,24)25/h3,6-9,11,13-15H,4-5,10,12H2,1-2H3,(H,26,30). The lowest BCUT2D eigenvalue weighted by Gasteiger charge is -2.32. The number of benzene rings is 1. The van der Waals surface area contributed by atoms with Crippen LogP contribution in [0, 0.1) is 5.92 Å². The third-order valence-electron chi connectivity index (χ3n) is 5.12. The van der Waals surface area contributed by atoms with Crippen molar-refractivity contribution >= 4 is 11.8 Å². The second kappa shape index (κ2) is 8.95. The van der Waals surface area contributed by atoms with Crippen molar-refractivity contribution in [1.82, 2.24) is 14.8 Å². The van der Waals surface area contributed by atoms with Crippen LogP contribution in [0.2, 0.25) is 0 Å². The molecule has 166 valence electrons. The van der Waals surface area contributed by atoms with Crippen LogP contribution >= 0.6 is 0 Å². The number of likely N-dealkylation sites (tertiary alicyclic amines) is 1. The fourth-order valence-corrected chi connectivity index (χ4v) is 3.61. The average molecular weight is 435 g/mol. The average Bonchev–Trinajstić information content (AvgIpc) is 2.72. The first-order valence-electron chi connectivity index (χ1n) is 10.1. The van der Waals surface area contributed by atoms with Gasteiger partial charge in [-0.15, -0.1) is 0 Å². The zero-order valence-electron chi connectivity index (χ0n) is 17.3. The number of pyridine rings is 1. The first-order valence-corrected chi connectivity index (χ1v) is 10.1. The van der Waals surface area contributed by atoms with Gasteiger partial charge in [0.05, 0.1) is 17.0 Å². The minimum Gasteiger partial charge on any atom is -0.354 e. The maximum Gasteiger partial charge on any atom is 0.416 e. The number of carbonyl (C=O) groups is 2. The van der Waals surface area contributed by atoms with Gasteiger partial charge in [0, 0.05) is 37.1 Å². The number of piperidine rings is 1. The first kappa shape index (κ1) is 22.6. The Kier molecular flexibility index (Phi) is 6.52. The molecular formula is C22H24F3N3O3. The van der Waals surface area contributed by atoms with E-state index in [1.165, 1.54) is 24.4 Å². The van der Waals surface area contributed by atoms with Crippen molar-refractivity contribution in [1.29, 1.82) is 0 Å². The van der Waals surface area contributed by atoms with Crippen molar-refractivity contribution in [2.45, 2.75) is 38.9 Å². The van der Waals surface area contributed by atoms with E-state index in [0.29, 0.717) is 19.4 Å². The van der Waals surface area contributed by atoms with Crippen LogP contribution < -0.4 is 10.9 Å². The third-order valence-corrected chi connectivity index (χ3v) is 5.12. The summed E-state index contributed by atoms with van der Waals surface area (Å²) in [7, 11) is 0. The molecule has 6 nitrogen and oxygen atoms in total. The molecule has 1 aliphatic rings. The van der Waals surface area contributed by atoms with Crippen LogP contribution in [0.3, 0.4) is 0 Å². The number of halogens is 3. The topological polar surface area (TPSA) is 71.4 Å². The highest BCUT2D eigenvalue weighted by molar-refractivity contribution is 5.94. The normalized spacial score (nSPS) is 17.0. The van der Waals surface area contributed by atoms with Crippen LogP contribution in [0.1, 0.15) is 42.6 Å². The van der Waals surface area contributed by atoms with Gasteiger partial charge in [-0.2, -0.15) is 13.2 Å². The molecule has 9 heteroatoms. The second-order valence-corrected chi connectivity index (χ2v) is 7.93. The summed E-state index contributed by atoms with van der Waals surface area (Å²) in [5.74, 6) is -0.807. The summed E-state index contributed by atoms with van der Waals surface area (Å²) in [4.78, 5) is 39.2. The molecule has 1 aromatic heterocycles. The van der Waals surface area contributed by atoms with Gasteiger partial charge in [-0.25, -0.2) is 0 Å². The van der Waals surface area contributed by atoms with Gasteiger partial charge in [0.2, 0.25) is 5.91 Å². The molecule has 1 unspecified atom stereocenters. The molecule has 2 aromatic rings. The Morgan fingerprint density at radius 1 is 1.16 bits per heavy atom. The molecule has 0 spiro atoms. The molecule has 1 N–H and O–H groups in total. The summed E-state index contributed by atoms with van der Waals surface area (Å²) in [6.07, 6.45) is -1.97. The molecule has 31 heavy (non-hydrogen) atoms. The Morgan fingerprint density at radius 2 is 1.90 bits per heavy atom. The Hall–Kier alpha value is -3.10. The van der Waals surface area contributed by atoms with E-state index in [1.54, 1.807) is 4.90 Å². The number of amides is 2. The van der Waals surface area contributed by atoms with E-state index in [9.17, 15) is 27.6 Å². The van der Waals surface area contributed by atoms with Gasteiger partial charge < -0.3 is 10.2 Å². The maximum atomic E-state index is 13.0. The highest BCUT2D eigenvalue weighted by Crippen LogP contribution is 2.30. The van der Waals surface area contributed by atoms with E-state index >= 15 is 0 Å². The van der Waals surface area contributed by atoms with Crippen molar-refractivity contribution in [3.05, 3.63) is 64.1 Å². The van der Waals surface area contributed by atoms with Crippen LogP contribution in [0.4, 0.5) is 13.2 Å². The molecule has 1 fully saturated rings. The van der Waals surface area contributed by atoms with E-state index in [1.807, 2.05) is 13.8 Å². The zero-order valence-corrected chi connectivity index (χ0v) is 17.3. The van der Waals surface area contributed by atoms with Crippen LogP contribution in [0.25, 0.3) is 5.69 Å². The predicted molar refractivity (Wildman–Crippen MR) is 109 cm³/mol. The van der Waals surface area contributed by atoms with Crippen molar-refractivity contribution in [3.8, 4) is 5.69 Å². The smallest absolute Gasteiger partial charge is 0.354 e. The summed E-state index contributed by atoms with van der Waals surface area (Å²) in [6, 6.07) is 6.87. The quantitative estimate of drug-likeness (QED) is 0.802. The number of hydrogen-bond acceptors (Lipinski definition) is 3. The fourth-order valence-electron chi connectivity index (χ4n) is 3.61. The molecule has 0 radical (unpaired) electrons. The number of alkyl halides is 3. The molecule has 0 bridgehead atoms. The van der Waals surface area contributed by atoms with Crippen LogP contribution in [-0.4, -0.2) is 40.4 Å². The Bertz CT molecular complexity index is 1030. The van der Waals surface area contributed by atoms with Gasteiger partial charge in [-0.1, -0.05) is 6.07 Å². The highest BCUT2D eigenvalue weighted by atomic mass is 19.4. The first-order chi connectivity index (χ1) is 14.6. The fraction of sp³-hybridized carbons (Fsp3) is 0.409. The molecule has 2 amide bonds. The number of nitrogens with zero attached hydrogens (tertiary/aromatic N) is 2. The van der Waals surface area contributed by atoms with E-state index in [4.69, 9.17) is 0 Å². The minimum atomic E-state index is -4.55. The molecule has 1 saturated heterocycles. The lowest BCUT2D eigenvalue weighted by atomic mass is 9.96. The van der Waals surface area contributed by atoms with E-state index < -0.39 is 17.3 Å². The Labute approximate surface area is 177 Å². The van der Waals surface area contributed by atoms with Gasteiger partial charge in [-0.3, -0.25) is 19.0 Å². The minimum absolute atomic E-state index is 0.00500. The summed E-state index contributed by atoms with van der Waals surface area (Å²) < 4.78 is 40.1. The lowest BCUT2D eigenvalue weighted by molar-refractivity contribution is -0.137. The van der Waals surface area contributed by atoms with Crippen molar-refractivity contribution in [2.75, 3.05) is 13.1 Å². The molecule has 1 aromatic carbocycles. The molecule has 0 saturated carbocycles. The number of hydrogen-bond donors (Lipinski definition) is 1. The maximum absolute atomic E-state index is 13.0. The SMILES string of the molecule is CC(C)NC(=O)C1CCCN(C(=O)c2ccc(=O)n(-c3cccc(C(F)(F)F)c3)c2)C1. The molecule has 1 atom stereocenters. The number of aromatic nitrogens is 1. The van der Waals surface area contributed by atoms with Gasteiger partial charge in [0.15, 0.2) is 0 Å². The lowest BCUT2D eigenvalue weighted by Crippen LogP contribution is -2.46. The number of rotatable bonds is 4. The third kappa shape index (κ3) is 5.34. The van der Waals surface area contributed by atoms with E-state index in [2.05, 4.69) is 5.32 Å². The Morgan fingerprint density at radius 3 is 2.58 bits per heavy atom. The highest BCUT2D eigenvalue weighted by Gasteiger charge is 2.31. The molecule has 0 aliphatic carbocycles. The zero-order chi connectivity index (χ0) is 22.8. The Balaban J connectivity index is 1.85. The largest absolute Gasteiger partial charge is 0.416 e. The van der Waals surface area contributed by atoms with E-state index in [-0.39, 0.29) is 41.6 Å². The summed E-state index contributed by atoms with van der Waals surface area (Å²) in [5, 5.41) is 2.85. The van der Waals surface area contributed by atoms with Crippen LogP contribution in [0.15, 0.2) is 47.4 Å². The van der Waals surface area contributed by atoms with Crippen molar-refractivity contribution in [3.63, 3.8) is 0 Å². The molecule has 2 heterocycles. The van der Waals surface area contributed by atoms with E-state index in [0.717, 1.165) is 22.8 Å². The summed E-state index contributed by atoms with van der Waals surface area (Å²) in [6.45, 7) is 4.44. The molecule has 1 aliphatic heterocycles. The monoisotopic (exact) mass is 435 g/mol. The summed E-state index contributed by atoms with van der Waals surface area (Å²) >= 11 is 0. The second-order valence-electron chi connectivity index (χ2n) is 7.93. The van der Waals surface area contributed by atoms with Gasteiger partial charge in [0.25, 0.3) is 11.5 Å². The number of nitrogens with one attached hydrogen (secondary N) is 1. The van der Waals surface area contributed by atoms with Gasteiger partial charge in [0.1, 0.15) is 0 Å². The van der Waals surface area contributed by atoms with Gasteiger partial charge in [-0.05, 0) is 51.0 Å². The summed E-state index contributed by atoms with van der Waals surface area (Å²) in [5.41, 5.74) is -1.25. The van der Waals surface area contributed by atoms with Crippen molar-refractivity contribution < 1.29 is 22.8 Å². The molecule has 3 rings (SSSR count). The molecular weight excluding hydrogens is 411 g/mol. The van der Waals surface area contributed by atoms with Crippen molar-refractivity contribution in [2.24, 2.45) is 5.92 Å².